The molecule has 0 unspecified atom stereocenters. The average molecular weight is 1030 g/mol. The van der Waals surface area contributed by atoms with Crippen molar-refractivity contribution in [1.82, 2.24) is 0 Å². The monoisotopic (exact) mass is 1030 g/mol. The molecule has 4 aliphatic carbocycles. The Kier molecular flexibility index (Phi) is 15.5. The molecule has 6 heterocycles. The topological polar surface area (TPSA) is 315 Å². The third-order valence-corrected chi connectivity index (χ3v) is 19.8. The van der Waals surface area contributed by atoms with Gasteiger partial charge in [0.25, 0.3) is 0 Å². The molecule has 10 rings (SSSR count). The number of hydrogen-bond acceptors (Lipinski definition) is 21. The SMILES string of the molecule is C[C@@H]1CC[C@]2(OC1)O[C@@H]1C[C@@H]3[C@H]4CC=C5C[C@@H](O[C@H]6O[C@@H](CO)[C@H](O)[C@@H](O)[C@@H]6O[C@H]6O[C@@H](C)[C@H](O[C@H]7O[C@@H](CO)[C@H](O)[C@@H](O)[C@@H]7O[C@H]7O[C@@H](C)[C@H](O)[C@@H](O)[C@@H]7O)[C@@H](O)[C@@H]6O)CC[C@]5(C)[C@@H]4CC[C@@]3(C)[C@@H]1[C@H]2C. The Bertz CT molecular complexity index is 1910. The Labute approximate surface area is 420 Å². The van der Waals surface area contributed by atoms with Crippen molar-refractivity contribution in [1.29, 1.82) is 0 Å². The largest absolute Gasteiger partial charge is 0.394 e. The minimum Gasteiger partial charge on any atom is -0.394 e. The lowest BCUT2D eigenvalue weighted by atomic mass is 9.47. The molecule has 9 fully saturated rings. The van der Waals surface area contributed by atoms with Crippen LogP contribution in [0.15, 0.2) is 11.6 Å². The van der Waals surface area contributed by atoms with Crippen LogP contribution in [0.3, 0.4) is 0 Å². The highest BCUT2D eigenvalue weighted by Gasteiger charge is 2.69. The van der Waals surface area contributed by atoms with Crippen molar-refractivity contribution < 1.29 is 104 Å². The van der Waals surface area contributed by atoms with Crippen molar-refractivity contribution in [3.63, 3.8) is 0 Å². The van der Waals surface area contributed by atoms with Crippen LogP contribution in [0, 0.1) is 46.3 Å². The molecule has 31 atom stereocenters. The van der Waals surface area contributed by atoms with Crippen LogP contribution in [0.1, 0.15) is 99.3 Å². The van der Waals surface area contributed by atoms with Gasteiger partial charge in [-0.3, -0.25) is 0 Å². The van der Waals surface area contributed by atoms with Gasteiger partial charge in [0.1, 0.15) is 85.5 Å². The highest BCUT2D eigenvalue weighted by molar-refractivity contribution is 5.26. The Balaban J connectivity index is 0.802. The van der Waals surface area contributed by atoms with Crippen LogP contribution >= 0.6 is 0 Å². The lowest BCUT2D eigenvalue weighted by molar-refractivity contribution is -0.396. The molecule has 0 radical (unpaired) electrons. The summed E-state index contributed by atoms with van der Waals surface area (Å²) in [7, 11) is 0. The molecule has 72 heavy (non-hydrogen) atoms. The number of rotatable bonds is 10. The maximum Gasteiger partial charge on any atom is 0.187 e. The van der Waals surface area contributed by atoms with E-state index in [4.69, 9.17) is 47.4 Å². The van der Waals surface area contributed by atoms with Gasteiger partial charge in [-0.2, -0.15) is 0 Å². The molecule has 21 nitrogen and oxygen atoms in total. The molecule has 0 aromatic rings. The second kappa shape index (κ2) is 20.6. The second-order valence-corrected chi connectivity index (χ2v) is 23.9. The van der Waals surface area contributed by atoms with Crippen molar-refractivity contribution in [2.24, 2.45) is 46.3 Å². The molecule has 412 valence electrons. The first-order valence-electron chi connectivity index (χ1n) is 26.7. The molecule has 0 bridgehead atoms. The lowest BCUT2D eigenvalue weighted by Gasteiger charge is -2.58. The van der Waals surface area contributed by atoms with Crippen LogP contribution in [-0.4, -0.2) is 217 Å². The summed E-state index contributed by atoms with van der Waals surface area (Å²) >= 11 is 0. The fraction of sp³-hybridized carbons (Fsp3) is 0.961. The summed E-state index contributed by atoms with van der Waals surface area (Å²) in [5.74, 6) is 2.49. The maximum absolute atomic E-state index is 11.6. The van der Waals surface area contributed by atoms with Gasteiger partial charge in [-0.05, 0) is 106 Å². The Morgan fingerprint density at radius 2 is 1.17 bits per heavy atom. The van der Waals surface area contributed by atoms with Crippen LogP contribution in [0.25, 0.3) is 0 Å². The van der Waals surface area contributed by atoms with Gasteiger partial charge in [0, 0.05) is 12.3 Å². The maximum atomic E-state index is 11.6. The second-order valence-electron chi connectivity index (χ2n) is 23.9. The molecular formula is C51H82O21. The third kappa shape index (κ3) is 9.09. The first-order chi connectivity index (χ1) is 34.1. The molecule has 21 heteroatoms. The van der Waals surface area contributed by atoms with E-state index in [0.717, 1.165) is 51.6 Å². The molecule has 0 aromatic heterocycles. The van der Waals surface area contributed by atoms with Crippen LogP contribution in [0.2, 0.25) is 0 Å². The van der Waals surface area contributed by atoms with Crippen molar-refractivity contribution in [2.75, 3.05) is 19.8 Å². The smallest absolute Gasteiger partial charge is 0.187 e. The van der Waals surface area contributed by atoms with Crippen molar-refractivity contribution >= 4 is 0 Å². The van der Waals surface area contributed by atoms with E-state index in [1.807, 2.05) is 0 Å². The van der Waals surface area contributed by atoms with Gasteiger partial charge in [0.15, 0.2) is 30.9 Å². The van der Waals surface area contributed by atoms with E-state index in [9.17, 15) is 56.2 Å². The molecule has 10 aliphatic rings. The van der Waals surface area contributed by atoms with Gasteiger partial charge in [-0.15, -0.1) is 0 Å². The van der Waals surface area contributed by atoms with E-state index in [0.29, 0.717) is 48.3 Å². The molecule has 0 amide bonds. The molecule has 3 saturated carbocycles. The van der Waals surface area contributed by atoms with Crippen LogP contribution < -0.4 is 0 Å². The quantitative estimate of drug-likeness (QED) is 0.118. The molecule has 6 aliphatic heterocycles. The fourth-order valence-electron chi connectivity index (χ4n) is 15.5. The zero-order valence-corrected chi connectivity index (χ0v) is 42.2. The van der Waals surface area contributed by atoms with Crippen LogP contribution in [0.4, 0.5) is 0 Å². The van der Waals surface area contributed by atoms with Crippen LogP contribution in [-0.2, 0) is 47.4 Å². The normalized spacial score (nSPS) is 57.8. The van der Waals surface area contributed by atoms with E-state index >= 15 is 0 Å². The standard InChI is InChI=1S/C51H82O21/c1-20-9-14-51(63-19-20)21(2)32-29(72-51)16-28-26-8-7-24-15-25(10-12-49(24,5)27(26)11-13-50(28,32)6)66-47-43(37(58)34(55)30(17-52)67-47)70-46-41(62)39(60)42(23(4)65-46)69-48-44(38(59)35(56)31(18-53)68-48)71-45-40(61)36(57)33(54)22(3)64-45/h7,20-23,25-48,52-62H,8-19H2,1-6H3/t20-,21-,22+,23+,25+,26+,27-,28-,29-,30+,31+,32-,33+,34+,35+,36-,37-,38-,39+,40+,41+,42+,43+,44+,45-,46-,47+,48-,49+,50-,51+/m1/s1. The first-order valence-corrected chi connectivity index (χ1v) is 26.7. The molecule has 11 N–H and O–H groups in total. The number of ether oxygens (including phenoxy) is 10. The van der Waals surface area contributed by atoms with Crippen LogP contribution in [0.5, 0.6) is 0 Å². The Hall–Kier alpha value is -1.10. The van der Waals surface area contributed by atoms with Crippen molar-refractivity contribution in [3.8, 4) is 0 Å². The molecule has 0 aromatic carbocycles. The highest BCUT2D eigenvalue weighted by Crippen LogP contribution is 2.71. The summed E-state index contributed by atoms with van der Waals surface area (Å²) in [6, 6.07) is 0. The Morgan fingerprint density at radius 3 is 1.78 bits per heavy atom. The van der Waals surface area contributed by atoms with Crippen molar-refractivity contribution in [3.05, 3.63) is 11.6 Å². The van der Waals surface area contributed by atoms with Gasteiger partial charge in [-0.25, -0.2) is 0 Å². The van der Waals surface area contributed by atoms with E-state index < -0.39 is 142 Å². The predicted molar refractivity (Wildman–Crippen MR) is 245 cm³/mol. The van der Waals surface area contributed by atoms with E-state index in [-0.39, 0.29) is 23.0 Å². The number of aliphatic hydroxyl groups is 11. The first kappa shape index (κ1) is 54.3. The zero-order valence-electron chi connectivity index (χ0n) is 42.2. The molecule has 6 saturated heterocycles. The Morgan fingerprint density at radius 1 is 0.583 bits per heavy atom. The number of fused-ring (bicyclic) bond motifs is 7. The number of aliphatic hydroxyl groups excluding tert-OH is 11. The zero-order chi connectivity index (χ0) is 51.5. The average Bonchev–Trinajstić information content (AvgIpc) is 3.81. The molecular weight excluding hydrogens is 949 g/mol. The fourth-order valence-corrected chi connectivity index (χ4v) is 15.5. The summed E-state index contributed by atoms with van der Waals surface area (Å²) < 4.78 is 61.7. The highest BCUT2D eigenvalue weighted by atomic mass is 16.8. The van der Waals surface area contributed by atoms with Gasteiger partial charge >= 0.3 is 0 Å². The lowest BCUT2D eigenvalue weighted by Crippen LogP contribution is -2.67. The summed E-state index contributed by atoms with van der Waals surface area (Å²) in [6.07, 6.45) is -20.7. The summed E-state index contributed by atoms with van der Waals surface area (Å²) in [5.41, 5.74) is 1.46. The summed E-state index contributed by atoms with van der Waals surface area (Å²) in [5, 5.41) is 119. The molecule has 1 spiro atoms. The van der Waals surface area contributed by atoms with Gasteiger partial charge in [0.2, 0.25) is 0 Å². The van der Waals surface area contributed by atoms with Gasteiger partial charge < -0.3 is 104 Å². The van der Waals surface area contributed by atoms with Gasteiger partial charge in [-0.1, -0.05) is 39.3 Å². The number of allylic oxidation sites excluding steroid dienone is 1. The minimum atomic E-state index is -1.90. The predicted octanol–water partition coefficient (Wildman–Crippen LogP) is -0.934. The van der Waals surface area contributed by atoms with E-state index in [1.54, 1.807) is 0 Å². The number of hydrogen-bond donors (Lipinski definition) is 11. The minimum absolute atomic E-state index is 0.0447. The summed E-state index contributed by atoms with van der Waals surface area (Å²) in [6.45, 7) is 11.8. The van der Waals surface area contributed by atoms with E-state index in [1.165, 1.54) is 19.4 Å². The van der Waals surface area contributed by atoms with E-state index in [2.05, 4.69) is 33.8 Å². The van der Waals surface area contributed by atoms with Crippen molar-refractivity contribution in [2.45, 2.75) is 240 Å². The summed E-state index contributed by atoms with van der Waals surface area (Å²) in [4.78, 5) is 0. The van der Waals surface area contributed by atoms with Gasteiger partial charge in [0.05, 0.1) is 44.2 Å². The third-order valence-electron chi connectivity index (χ3n) is 19.8.